The molecular formula is C16H23NO3. The average molecular weight is 277 g/mol. The number of unbranched alkanes of at least 4 members (excludes halogenated alkanes) is 1. The Bertz CT molecular complexity index is 431. The molecule has 1 aromatic rings. The molecule has 0 radical (unpaired) electrons. The molecule has 1 atom stereocenters. The SMILES string of the molecule is CCCCOCC(NC1CC1)(C(=O)O)c1ccccc1. The van der Waals surface area contributed by atoms with E-state index >= 15 is 0 Å². The van der Waals surface area contributed by atoms with Crippen molar-refractivity contribution in [1.82, 2.24) is 5.32 Å². The molecular weight excluding hydrogens is 254 g/mol. The first kappa shape index (κ1) is 15.0. The summed E-state index contributed by atoms with van der Waals surface area (Å²) in [4.78, 5) is 11.9. The zero-order chi connectivity index (χ0) is 14.4. The normalized spacial score (nSPS) is 17.6. The van der Waals surface area contributed by atoms with Crippen LogP contribution in [0.15, 0.2) is 30.3 Å². The number of ether oxygens (including phenoxy) is 1. The zero-order valence-corrected chi connectivity index (χ0v) is 12.0. The molecule has 0 saturated heterocycles. The predicted molar refractivity (Wildman–Crippen MR) is 77.6 cm³/mol. The Morgan fingerprint density at radius 2 is 2.10 bits per heavy atom. The van der Waals surface area contributed by atoms with Crippen LogP contribution in [-0.2, 0) is 15.1 Å². The van der Waals surface area contributed by atoms with E-state index in [0.29, 0.717) is 12.6 Å². The minimum Gasteiger partial charge on any atom is -0.480 e. The number of benzene rings is 1. The van der Waals surface area contributed by atoms with E-state index in [1.165, 1.54) is 0 Å². The number of nitrogens with one attached hydrogen (secondary N) is 1. The molecule has 2 N–H and O–H groups in total. The summed E-state index contributed by atoms with van der Waals surface area (Å²) in [5.41, 5.74) is -0.369. The van der Waals surface area contributed by atoms with Gasteiger partial charge in [0, 0.05) is 12.6 Å². The molecule has 1 aromatic carbocycles. The number of rotatable bonds is 9. The van der Waals surface area contributed by atoms with Gasteiger partial charge in [0.25, 0.3) is 0 Å². The van der Waals surface area contributed by atoms with Crippen molar-refractivity contribution in [2.45, 2.75) is 44.2 Å². The minimum absolute atomic E-state index is 0.169. The molecule has 110 valence electrons. The Hall–Kier alpha value is -1.39. The van der Waals surface area contributed by atoms with Crippen molar-refractivity contribution in [2.24, 2.45) is 0 Å². The smallest absolute Gasteiger partial charge is 0.331 e. The van der Waals surface area contributed by atoms with E-state index < -0.39 is 11.5 Å². The molecule has 1 aliphatic carbocycles. The van der Waals surface area contributed by atoms with Crippen LogP contribution in [0, 0.1) is 0 Å². The minimum atomic E-state index is -1.13. The summed E-state index contributed by atoms with van der Waals surface area (Å²) in [5.74, 6) is -0.868. The number of hydrogen-bond acceptors (Lipinski definition) is 3. The summed E-state index contributed by atoms with van der Waals surface area (Å²) in [6.45, 7) is 2.86. The molecule has 1 saturated carbocycles. The second-order valence-electron chi connectivity index (χ2n) is 5.40. The maximum absolute atomic E-state index is 11.9. The van der Waals surface area contributed by atoms with Gasteiger partial charge in [0.15, 0.2) is 5.54 Å². The fourth-order valence-corrected chi connectivity index (χ4v) is 2.23. The van der Waals surface area contributed by atoms with Crippen molar-refractivity contribution in [3.63, 3.8) is 0 Å². The second kappa shape index (κ2) is 6.86. The standard InChI is InChI=1S/C16H23NO3/c1-2-3-11-20-12-16(15(18)19,17-14-9-10-14)13-7-5-4-6-8-13/h4-8,14,17H,2-3,9-12H2,1H3,(H,18,19). The van der Waals surface area contributed by atoms with E-state index in [2.05, 4.69) is 12.2 Å². The fourth-order valence-electron chi connectivity index (χ4n) is 2.23. The van der Waals surface area contributed by atoms with Gasteiger partial charge in [-0.3, -0.25) is 5.32 Å². The third-order valence-electron chi connectivity index (χ3n) is 3.62. The number of aliphatic carboxylic acids is 1. The Kier molecular flexibility index (Phi) is 5.15. The van der Waals surface area contributed by atoms with Gasteiger partial charge in [-0.25, -0.2) is 4.79 Å². The first-order valence-corrected chi connectivity index (χ1v) is 7.33. The number of hydrogen-bond donors (Lipinski definition) is 2. The lowest BCUT2D eigenvalue weighted by Crippen LogP contribution is -2.53. The average Bonchev–Trinajstić information content (AvgIpc) is 3.27. The van der Waals surface area contributed by atoms with Gasteiger partial charge in [-0.15, -0.1) is 0 Å². The summed E-state index contributed by atoms with van der Waals surface area (Å²) in [5, 5.41) is 13.0. The molecule has 2 rings (SSSR count). The Morgan fingerprint density at radius 1 is 1.40 bits per heavy atom. The summed E-state index contributed by atoms with van der Waals surface area (Å²) < 4.78 is 5.64. The highest BCUT2D eigenvalue weighted by atomic mass is 16.5. The zero-order valence-electron chi connectivity index (χ0n) is 12.0. The third kappa shape index (κ3) is 3.58. The van der Waals surface area contributed by atoms with Crippen LogP contribution in [0.3, 0.4) is 0 Å². The van der Waals surface area contributed by atoms with Crippen LogP contribution < -0.4 is 5.32 Å². The van der Waals surface area contributed by atoms with Gasteiger partial charge >= 0.3 is 5.97 Å². The highest BCUT2D eigenvalue weighted by molar-refractivity contribution is 5.81. The second-order valence-corrected chi connectivity index (χ2v) is 5.40. The largest absolute Gasteiger partial charge is 0.480 e. The summed E-state index contributed by atoms with van der Waals surface area (Å²) in [7, 11) is 0. The van der Waals surface area contributed by atoms with E-state index in [0.717, 1.165) is 31.2 Å². The van der Waals surface area contributed by atoms with Crippen LogP contribution in [0.1, 0.15) is 38.2 Å². The summed E-state index contributed by atoms with van der Waals surface area (Å²) in [6.07, 6.45) is 4.07. The van der Waals surface area contributed by atoms with Crippen LogP contribution in [-0.4, -0.2) is 30.3 Å². The predicted octanol–water partition coefficient (Wildman–Crippen LogP) is 2.54. The molecule has 1 fully saturated rings. The molecule has 0 heterocycles. The lowest BCUT2D eigenvalue weighted by Gasteiger charge is -2.31. The molecule has 0 aromatic heterocycles. The van der Waals surface area contributed by atoms with Crippen molar-refractivity contribution in [3.8, 4) is 0 Å². The third-order valence-corrected chi connectivity index (χ3v) is 3.62. The number of carbonyl (C=O) groups is 1. The van der Waals surface area contributed by atoms with Crippen molar-refractivity contribution in [3.05, 3.63) is 35.9 Å². The summed E-state index contributed by atoms with van der Waals surface area (Å²) >= 11 is 0. The molecule has 4 heteroatoms. The van der Waals surface area contributed by atoms with Crippen LogP contribution >= 0.6 is 0 Å². The highest BCUT2D eigenvalue weighted by Crippen LogP contribution is 2.29. The van der Waals surface area contributed by atoms with Gasteiger partial charge in [0.05, 0.1) is 6.61 Å². The van der Waals surface area contributed by atoms with E-state index in [1.807, 2.05) is 30.3 Å². The van der Waals surface area contributed by atoms with Crippen LogP contribution in [0.25, 0.3) is 0 Å². The van der Waals surface area contributed by atoms with E-state index in [1.54, 1.807) is 0 Å². The summed E-state index contributed by atoms with van der Waals surface area (Å²) in [6, 6.07) is 9.63. The molecule has 1 aliphatic rings. The van der Waals surface area contributed by atoms with E-state index in [9.17, 15) is 9.90 Å². The molecule has 0 bridgehead atoms. The molecule has 20 heavy (non-hydrogen) atoms. The van der Waals surface area contributed by atoms with Crippen LogP contribution in [0.2, 0.25) is 0 Å². The van der Waals surface area contributed by atoms with Crippen molar-refractivity contribution in [2.75, 3.05) is 13.2 Å². The fraction of sp³-hybridized carbons (Fsp3) is 0.562. The lowest BCUT2D eigenvalue weighted by atomic mass is 9.90. The topological polar surface area (TPSA) is 58.6 Å². The van der Waals surface area contributed by atoms with Crippen LogP contribution in [0.5, 0.6) is 0 Å². The van der Waals surface area contributed by atoms with Gasteiger partial charge in [0.1, 0.15) is 0 Å². The first-order valence-electron chi connectivity index (χ1n) is 7.33. The lowest BCUT2D eigenvalue weighted by molar-refractivity contribution is -0.148. The first-order chi connectivity index (χ1) is 9.69. The quantitative estimate of drug-likeness (QED) is 0.681. The van der Waals surface area contributed by atoms with Crippen molar-refractivity contribution >= 4 is 5.97 Å². The molecule has 1 unspecified atom stereocenters. The van der Waals surface area contributed by atoms with Crippen LogP contribution in [0.4, 0.5) is 0 Å². The van der Waals surface area contributed by atoms with E-state index in [-0.39, 0.29) is 6.61 Å². The monoisotopic (exact) mass is 277 g/mol. The maximum Gasteiger partial charge on any atom is 0.331 e. The van der Waals surface area contributed by atoms with Crippen molar-refractivity contribution < 1.29 is 14.6 Å². The number of carboxylic acid groups (broad SMARTS) is 1. The Morgan fingerprint density at radius 3 is 2.65 bits per heavy atom. The van der Waals surface area contributed by atoms with Crippen molar-refractivity contribution in [1.29, 1.82) is 0 Å². The Balaban J connectivity index is 2.17. The van der Waals surface area contributed by atoms with Gasteiger partial charge in [-0.05, 0) is 24.8 Å². The molecule has 0 spiro atoms. The maximum atomic E-state index is 11.9. The molecule has 0 amide bonds. The van der Waals surface area contributed by atoms with Gasteiger partial charge in [-0.2, -0.15) is 0 Å². The van der Waals surface area contributed by atoms with Gasteiger partial charge in [-0.1, -0.05) is 43.7 Å². The number of carboxylic acids is 1. The molecule has 4 nitrogen and oxygen atoms in total. The highest BCUT2D eigenvalue weighted by Gasteiger charge is 2.44. The van der Waals surface area contributed by atoms with E-state index in [4.69, 9.17) is 4.74 Å². The van der Waals surface area contributed by atoms with Gasteiger partial charge in [0.2, 0.25) is 0 Å². The Labute approximate surface area is 120 Å². The van der Waals surface area contributed by atoms with Gasteiger partial charge < -0.3 is 9.84 Å². The molecule has 0 aliphatic heterocycles.